The smallest absolute Gasteiger partial charge is 0.227 e. The minimum atomic E-state index is 0.0312. The van der Waals surface area contributed by atoms with E-state index in [0.29, 0.717) is 24.1 Å². The van der Waals surface area contributed by atoms with Crippen molar-refractivity contribution >= 4 is 17.7 Å². The van der Waals surface area contributed by atoms with Gasteiger partial charge in [0.25, 0.3) is 0 Å². The predicted molar refractivity (Wildman–Crippen MR) is 101 cm³/mol. The molecule has 0 saturated carbocycles. The Kier molecular flexibility index (Phi) is 5.97. The molecule has 25 heavy (non-hydrogen) atoms. The van der Waals surface area contributed by atoms with Crippen LogP contribution in [0.3, 0.4) is 0 Å². The van der Waals surface area contributed by atoms with Gasteiger partial charge in [-0.1, -0.05) is 32.0 Å². The number of ether oxygens (including phenoxy) is 1. The van der Waals surface area contributed by atoms with E-state index < -0.39 is 0 Å². The van der Waals surface area contributed by atoms with Gasteiger partial charge in [0.05, 0.1) is 13.0 Å². The first-order chi connectivity index (χ1) is 12.1. The van der Waals surface area contributed by atoms with Crippen molar-refractivity contribution in [2.75, 3.05) is 13.1 Å². The Morgan fingerprint density at radius 3 is 2.76 bits per heavy atom. The molecule has 0 spiro atoms. The lowest BCUT2D eigenvalue weighted by molar-refractivity contribution is -0.129. The largest absolute Gasteiger partial charge is 0.472 e. The summed E-state index contributed by atoms with van der Waals surface area (Å²) in [7, 11) is 0. The second-order valence-corrected chi connectivity index (χ2v) is 8.17. The maximum atomic E-state index is 12.5. The minimum absolute atomic E-state index is 0.0312. The van der Waals surface area contributed by atoms with Gasteiger partial charge in [-0.2, -0.15) is 0 Å². The third-order valence-electron chi connectivity index (χ3n) is 4.07. The van der Waals surface area contributed by atoms with Crippen LogP contribution in [-0.4, -0.2) is 40.2 Å². The summed E-state index contributed by atoms with van der Waals surface area (Å²) in [5, 5.41) is 0.563. The molecule has 4 nitrogen and oxygen atoms in total. The van der Waals surface area contributed by atoms with Gasteiger partial charge in [0.1, 0.15) is 6.10 Å². The molecule has 0 radical (unpaired) electrons. The normalized spacial score (nSPS) is 17.1. The number of likely N-dealkylation sites (tertiary alicyclic amines) is 1. The van der Waals surface area contributed by atoms with E-state index in [0.717, 1.165) is 18.5 Å². The molecule has 5 heteroatoms. The Hall–Kier alpha value is -2.01. The lowest BCUT2D eigenvalue weighted by Crippen LogP contribution is -2.32. The fourth-order valence-corrected chi connectivity index (χ4v) is 3.72. The fourth-order valence-electron chi connectivity index (χ4n) is 2.88. The van der Waals surface area contributed by atoms with E-state index in [9.17, 15) is 4.79 Å². The highest BCUT2D eigenvalue weighted by atomic mass is 32.2. The van der Waals surface area contributed by atoms with Gasteiger partial charge in [-0.3, -0.25) is 4.79 Å². The second-order valence-electron chi connectivity index (χ2n) is 6.52. The molecule has 2 heterocycles. The van der Waals surface area contributed by atoms with Crippen molar-refractivity contribution in [2.24, 2.45) is 0 Å². The number of nitrogens with zero attached hydrogens (tertiary/aromatic N) is 2. The number of pyridine rings is 1. The van der Waals surface area contributed by atoms with Crippen LogP contribution in [0, 0.1) is 0 Å². The first kappa shape index (κ1) is 17.8. The highest BCUT2D eigenvalue weighted by Crippen LogP contribution is 2.23. The van der Waals surface area contributed by atoms with Gasteiger partial charge >= 0.3 is 0 Å². The minimum Gasteiger partial charge on any atom is -0.472 e. The van der Waals surface area contributed by atoms with Crippen LogP contribution < -0.4 is 4.74 Å². The predicted octanol–water partition coefficient (Wildman–Crippen LogP) is 3.80. The number of hydrogen-bond donors (Lipinski definition) is 0. The fraction of sp³-hybridized carbons (Fsp3) is 0.400. The Bertz CT molecular complexity index is 689. The van der Waals surface area contributed by atoms with Crippen molar-refractivity contribution < 1.29 is 9.53 Å². The van der Waals surface area contributed by atoms with Crippen molar-refractivity contribution in [1.29, 1.82) is 0 Å². The first-order valence-corrected chi connectivity index (χ1v) is 9.59. The highest BCUT2D eigenvalue weighted by molar-refractivity contribution is 7.99. The van der Waals surface area contributed by atoms with E-state index in [1.54, 1.807) is 6.20 Å². The molecule has 1 amide bonds. The number of carbonyl (C=O) groups excluding carboxylic acids is 1. The number of aromatic nitrogens is 1. The molecule has 1 aromatic carbocycles. The van der Waals surface area contributed by atoms with Gasteiger partial charge in [0.15, 0.2) is 0 Å². The maximum absolute atomic E-state index is 12.5. The maximum Gasteiger partial charge on any atom is 0.227 e. The van der Waals surface area contributed by atoms with Gasteiger partial charge in [-0.25, -0.2) is 4.98 Å². The Labute approximate surface area is 153 Å². The van der Waals surface area contributed by atoms with Crippen molar-refractivity contribution in [1.82, 2.24) is 9.88 Å². The standard InChI is InChI=1S/C20H24N2O2S/c1-15(2)25-18-8-6-16(7-9-18)13-20(23)22-12-10-17(14-22)24-19-5-3-4-11-21-19/h3-9,11,15,17H,10,12-14H2,1-2H3. The number of rotatable bonds is 6. The van der Waals surface area contributed by atoms with Gasteiger partial charge < -0.3 is 9.64 Å². The Morgan fingerprint density at radius 1 is 1.28 bits per heavy atom. The monoisotopic (exact) mass is 356 g/mol. The summed E-state index contributed by atoms with van der Waals surface area (Å²) in [5.74, 6) is 0.788. The van der Waals surface area contributed by atoms with Gasteiger partial charge in [0.2, 0.25) is 11.8 Å². The van der Waals surface area contributed by atoms with E-state index in [2.05, 4.69) is 43.1 Å². The Balaban J connectivity index is 1.50. The lowest BCUT2D eigenvalue weighted by atomic mass is 10.1. The number of hydrogen-bond acceptors (Lipinski definition) is 4. The molecule has 0 aliphatic carbocycles. The summed E-state index contributed by atoms with van der Waals surface area (Å²) in [6, 6.07) is 13.9. The molecule has 2 aromatic rings. The quantitative estimate of drug-likeness (QED) is 0.738. The average molecular weight is 356 g/mol. The van der Waals surface area contributed by atoms with Crippen molar-refractivity contribution in [3.63, 3.8) is 0 Å². The van der Waals surface area contributed by atoms with Crippen LogP contribution in [0.15, 0.2) is 53.6 Å². The summed E-state index contributed by atoms with van der Waals surface area (Å²) in [4.78, 5) is 19.8. The number of thioether (sulfide) groups is 1. The van der Waals surface area contributed by atoms with Crippen molar-refractivity contribution in [2.45, 2.75) is 42.9 Å². The van der Waals surface area contributed by atoms with Gasteiger partial charge in [-0.05, 0) is 23.8 Å². The molecule has 132 valence electrons. The summed E-state index contributed by atoms with van der Waals surface area (Å²) >= 11 is 1.83. The molecule has 1 saturated heterocycles. The third kappa shape index (κ3) is 5.23. The third-order valence-corrected chi connectivity index (χ3v) is 5.09. The summed E-state index contributed by atoms with van der Waals surface area (Å²) in [6.07, 6.45) is 3.05. The zero-order chi connectivity index (χ0) is 17.6. The molecule has 1 aromatic heterocycles. The van der Waals surface area contributed by atoms with Crippen LogP contribution in [0.25, 0.3) is 0 Å². The number of amides is 1. The number of carbonyl (C=O) groups is 1. The first-order valence-electron chi connectivity index (χ1n) is 8.71. The van der Waals surface area contributed by atoms with Crippen LogP contribution >= 0.6 is 11.8 Å². The molecular formula is C20H24N2O2S. The van der Waals surface area contributed by atoms with Crippen LogP contribution in [0.4, 0.5) is 0 Å². The molecule has 1 atom stereocenters. The molecule has 0 bridgehead atoms. The van der Waals surface area contributed by atoms with Crippen LogP contribution in [-0.2, 0) is 11.2 Å². The van der Waals surface area contributed by atoms with E-state index in [1.807, 2.05) is 34.9 Å². The second kappa shape index (κ2) is 8.39. The highest BCUT2D eigenvalue weighted by Gasteiger charge is 2.27. The van der Waals surface area contributed by atoms with Crippen LogP contribution in [0.1, 0.15) is 25.8 Å². The zero-order valence-corrected chi connectivity index (χ0v) is 15.5. The van der Waals surface area contributed by atoms with E-state index in [4.69, 9.17) is 4.74 Å². The molecule has 1 unspecified atom stereocenters. The van der Waals surface area contributed by atoms with E-state index >= 15 is 0 Å². The van der Waals surface area contributed by atoms with Crippen LogP contribution in [0.5, 0.6) is 5.88 Å². The summed E-state index contributed by atoms with van der Waals surface area (Å²) < 4.78 is 5.85. The average Bonchev–Trinajstić information content (AvgIpc) is 3.06. The lowest BCUT2D eigenvalue weighted by Gasteiger charge is -2.17. The van der Waals surface area contributed by atoms with E-state index in [1.165, 1.54) is 4.90 Å². The molecule has 1 aliphatic heterocycles. The SMILES string of the molecule is CC(C)Sc1ccc(CC(=O)N2CCC(Oc3ccccn3)C2)cc1. The Morgan fingerprint density at radius 2 is 2.08 bits per heavy atom. The molecule has 1 aliphatic rings. The molecule has 3 rings (SSSR count). The number of benzene rings is 1. The molecule has 1 fully saturated rings. The summed E-state index contributed by atoms with van der Waals surface area (Å²) in [5.41, 5.74) is 1.06. The van der Waals surface area contributed by atoms with Gasteiger partial charge in [0, 0.05) is 35.4 Å². The molecular weight excluding hydrogens is 332 g/mol. The zero-order valence-electron chi connectivity index (χ0n) is 14.7. The topological polar surface area (TPSA) is 42.4 Å². The van der Waals surface area contributed by atoms with Crippen molar-refractivity contribution in [3.8, 4) is 5.88 Å². The van der Waals surface area contributed by atoms with Crippen LogP contribution in [0.2, 0.25) is 0 Å². The van der Waals surface area contributed by atoms with Gasteiger partial charge in [-0.15, -0.1) is 11.8 Å². The van der Waals surface area contributed by atoms with E-state index in [-0.39, 0.29) is 12.0 Å². The van der Waals surface area contributed by atoms with Crippen molar-refractivity contribution in [3.05, 3.63) is 54.2 Å². The molecule has 0 N–H and O–H groups in total. The summed E-state index contributed by atoms with van der Waals surface area (Å²) in [6.45, 7) is 5.74.